The van der Waals surface area contributed by atoms with Crippen LogP contribution in [0.3, 0.4) is 0 Å². The number of rotatable bonds is 1. The Bertz CT molecular complexity index is 51.5. The number of halogens is 2. The van der Waals surface area contributed by atoms with E-state index < -0.39 is 0 Å². The zero-order valence-corrected chi connectivity index (χ0v) is 5.21. The monoisotopic (exact) mass is 171 g/mol. The number of alkyl halides is 1. The molecule has 0 saturated carbocycles. The molecule has 36 valence electrons. The minimum absolute atomic E-state index is 0.00521. The summed E-state index contributed by atoms with van der Waals surface area (Å²) < 4.78 is 2.16. The van der Waals surface area contributed by atoms with Gasteiger partial charge in [0.2, 0.25) is 5.91 Å². The van der Waals surface area contributed by atoms with Gasteiger partial charge >= 0.3 is 0 Å². The molecule has 0 unspecified atom stereocenters. The van der Waals surface area contributed by atoms with E-state index in [1.54, 1.807) is 0 Å². The molecule has 0 aliphatic rings. The Hall–Kier alpha value is 0.240. The average Bonchev–Trinajstić information content (AvgIpc) is 1.65. The summed E-state index contributed by atoms with van der Waals surface area (Å²) in [6, 6.07) is 0. The van der Waals surface area contributed by atoms with Crippen LogP contribution in [0.25, 0.3) is 0 Å². The van der Waals surface area contributed by atoms with Gasteiger partial charge in [0, 0.05) is 16.1 Å². The van der Waals surface area contributed by atoms with E-state index in [2.05, 4.69) is 20.5 Å². The Morgan fingerprint density at radius 2 is 2.50 bits per heavy atom. The van der Waals surface area contributed by atoms with Crippen LogP contribution in [0.2, 0.25) is 0 Å². The predicted molar refractivity (Wildman–Crippen MR) is 27.8 cm³/mol. The molecule has 0 aliphatic heterocycles. The Morgan fingerprint density at radius 1 is 2.00 bits per heavy atom. The van der Waals surface area contributed by atoms with Crippen LogP contribution in [0.4, 0.5) is 0 Å². The first-order valence-corrected chi connectivity index (χ1v) is 2.59. The van der Waals surface area contributed by atoms with Gasteiger partial charge in [0.05, 0.1) is 0 Å². The van der Waals surface area contributed by atoms with Crippen molar-refractivity contribution in [1.82, 2.24) is 4.34 Å². The lowest BCUT2D eigenvalue weighted by atomic mass is 10.8. The summed E-state index contributed by atoms with van der Waals surface area (Å²) >= 11 is 7.70. The van der Waals surface area contributed by atoms with Crippen molar-refractivity contribution in [2.24, 2.45) is 0 Å². The van der Waals surface area contributed by atoms with Crippen molar-refractivity contribution in [3.8, 4) is 0 Å². The molecule has 0 saturated heterocycles. The van der Waals surface area contributed by atoms with Gasteiger partial charge in [-0.3, -0.25) is 9.14 Å². The summed E-state index contributed by atoms with van der Waals surface area (Å²) in [4.78, 5) is 9.89. The standard InChI is InChI=1S/C2H3BrClNO/c3-5-2(6)1-4/h1H2,(H,5,6). The van der Waals surface area contributed by atoms with E-state index in [0.29, 0.717) is 0 Å². The Kier molecular flexibility index (Phi) is 3.57. The van der Waals surface area contributed by atoms with Crippen molar-refractivity contribution >= 4 is 33.7 Å². The Labute approximate surface area is 49.2 Å². The largest absolute Gasteiger partial charge is 0.292 e. The van der Waals surface area contributed by atoms with Gasteiger partial charge in [-0.05, 0) is 0 Å². The van der Waals surface area contributed by atoms with Crippen LogP contribution in [0.5, 0.6) is 0 Å². The van der Waals surface area contributed by atoms with Gasteiger partial charge in [-0.2, -0.15) is 0 Å². The lowest BCUT2D eigenvalue weighted by molar-refractivity contribution is -0.116. The molecule has 0 rings (SSSR count). The van der Waals surface area contributed by atoms with E-state index in [1.165, 1.54) is 0 Å². The zero-order valence-electron chi connectivity index (χ0n) is 2.87. The summed E-state index contributed by atoms with van der Waals surface area (Å²) in [7, 11) is 0. The molecule has 0 bridgehead atoms. The first kappa shape index (κ1) is 6.24. The second-order valence-corrected chi connectivity index (χ2v) is 1.32. The molecule has 1 N–H and O–H groups in total. The second-order valence-electron chi connectivity index (χ2n) is 0.651. The first-order valence-electron chi connectivity index (χ1n) is 1.26. The molecule has 2 nitrogen and oxygen atoms in total. The highest BCUT2D eigenvalue weighted by molar-refractivity contribution is 9.08. The summed E-state index contributed by atoms with van der Waals surface area (Å²) in [5.74, 6) is -0.220. The van der Waals surface area contributed by atoms with Crippen molar-refractivity contribution in [2.45, 2.75) is 0 Å². The van der Waals surface area contributed by atoms with E-state index in [0.717, 1.165) is 0 Å². The molecular formula is C2H3BrClNO. The van der Waals surface area contributed by atoms with Gasteiger partial charge in [-0.1, -0.05) is 0 Å². The lowest BCUT2D eigenvalue weighted by Crippen LogP contribution is -2.11. The fourth-order valence-corrected chi connectivity index (χ4v) is 0.394. The molecule has 1 amide bonds. The molecule has 0 aliphatic carbocycles. The van der Waals surface area contributed by atoms with Crippen molar-refractivity contribution in [2.75, 3.05) is 5.88 Å². The van der Waals surface area contributed by atoms with Crippen LogP contribution < -0.4 is 4.34 Å². The number of hydrogen-bond donors (Lipinski definition) is 1. The third-order valence-corrected chi connectivity index (χ3v) is 0.912. The molecule has 0 spiro atoms. The molecule has 0 fully saturated rings. The molecule has 0 radical (unpaired) electrons. The number of amides is 1. The van der Waals surface area contributed by atoms with Crippen molar-refractivity contribution in [1.29, 1.82) is 0 Å². The zero-order chi connectivity index (χ0) is 4.99. The smallest absolute Gasteiger partial charge is 0.244 e. The number of carbonyl (C=O) groups excluding carboxylic acids is 1. The van der Waals surface area contributed by atoms with Crippen molar-refractivity contribution in [3.63, 3.8) is 0 Å². The van der Waals surface area contributed by atoms with E-state index in [-0.39, 0.29) is 11.8 Å². The van der Waals surface area contributed by atoms with E-state index in [9.17, 15) is 4.79 Å². The van der Waals surface area contributed by atoms with Crippen LogP contribution in [0.1, 0.15) is 0 Å². The fraction of sp³-hybridized carbons (Fsp3) is 0.500. The van der Waals surface area contributed by atoms with Crippen LogP contribution in [0.15, 0.2) is 0 Å². The van der Waals surface area contributed by atoms with Gasteiger partial charge in [-0.15, -0.1) is 11.6 Å². The molecular weight excluding hydrogens is 169 g/mol. The molecule has 6 heavy (non-hydrogen) atoms. The average molecular weight is 172 g/mol. The fourth-order valence-electron chi connectivity index (χ4n) is 0.0253. The highest BCUT2D eigenvalue weighted by atomic mass is 79.9. The molecule has 0 aromatic carbocycles. The predicted octanol–water partition coefficient (Wildman–Crippen LogP) is 0.651. The molecule has 0 aromatic heterocycles. The van der Waals surface area contributed by atoms with Crippen LogP contribution in [-0.2, 0) is 4.79 Å². The van der Waals surface area contributed by atoms with E-state index in [4.69, 9.17) is 11.6 Å². The van der Waals surface area contributed by atoms with Crippen molar-refractivity contribution in [3.05, 3.63) is 0 Å². The molecule has 0 atom stereocenters. The second kappa shape index (κ2) is 3.43. The van der Waals surface area contributed by atoms with Gasteiger partial charge in [0.25, 0.3) is 0 Å². The molecule has 4 heteroatoms. The summed E-state index contributed by atoms with van der Waals surface area (Å²) in [5, 5.41) is 0. The quantitative estimate of drug-likeness (QED) is 0.457. The van der Waals surface area contributed by atoms with Gasteiger partial charge in [-0.25, -0.2) is 0 Å². The van der Waals surface area contributed by atoms with Gasteiger partial charge in [0.15, 0.2) is 0 Å². The van der Waals surface area contributed by atoms with E-state index in [1.807, 2.05) is 0 Å². The number of hydrogen-bond acceptors (Lipinski definition) is 1. The van der Waals surface area contributed by atoms with Crippen molar-refractivity contribution < 1.29 is 4.79 Å². The maximum atomic E-state index is 9.89. The Morgan fingerprint density at radius 3 is 2.50 bits per heavy atom. The highest BCUT2D eigenvalue weighted by Crippen LogP contribution is 1.74. The van der Waals surface area contributed by atoms with Crippen LogP contribution in [0, 0.1) is 0 Å². The van der Waals surface area contributed by atoms with Gasteiger partial charge in [0.1, 0.15) is 5.88 Å². The SMILES string of the molecule is O=C(CCl)NBr. The topological polar surface area (TPSA) is 29.1 Å². The summed E-state index contributed by atoms with van der Waals surface area (Å²) in [6.45, 7) is 0. The summed E-state index contributed by atoms with van der Waals surface area (Å²) in [5.41, 5.74) is 0. The Balaban J connectivity index is 2.99. The third-order valence-electron chi connectivity index (χ3n) is 0.227. The van der Waals surface area contributed by atoms with E-state index >= 15 is 0 Å². The third kappa shape index (κ3) is 2.48. The highest BCUT2D eigenvalue weighted by Gasteiger charge is 1.88. The normalized spacial score (nSPS) is 7.67. The first-order chi connectivity index (χ1) is 2.81. The maximum Gasteiger partial charge on any atom is 0.244 e. The molecule has 0 heterocycles. The van der Waals surface area contributed by atoms with Crippen LogP contribution in [-0.4, -0.2) is 11.8 Å². The molecule has 0 aromatic rings. The van der Waals surface area contributed by atoms with Gasteiger partial charge < -0.3 is 0 Å². The van der Waals surface area contributed by atoms with Crippen LogP contribution >= 0.6 is 27.7 Å². The number of nitrogens with one attached hydrogen (secondary N) is 1. The lowest BCUT2D eigenvalue weighted by Gasteiger charge is -1.82. The minimum atomic E-state index is -0.225. The summed E-state index contributed by atoms with van der Waals surface area (Å²) in [6.07, 6.45) is 0. The minimum Gasteiger partial charge on any atom is -0.292 e. The number of carbonyl (C=O) groups is 1. The maximum absolute atomic E-state index is 9.89.